The summed E-state index contributed by atoms with van der Waals surface area (Å²) in [5.41, 5.74) is 8.04. The van der Waals surface area contributed by atoms with E-state index in [1.54, 1.807) is 0 Å². The molecule has 1 nitrogen and oxygen atoms in total. The molecular formula is C24H23NSi. The van der Waals surface area contributed by atoms with Gasteiger partial charge in [0.25, 0.3) is 0 Å². The number of aryl methyl sites for hydroxylation is 1. The smallest absolute Gasteiger partial charge is 0.104 e. The Morgan fingerprint density at radius 1 is 0.808 bits per heavy atom. The first-order valence-corrected chi connectivity index (χ1v) is 11.9. The lowest BCUT2D eigenvalue weighted by molar-refractivity contribution is 1.44. The van der Waals surface area contributed by atoms with E-state index in [1.165, 1.54) is 21.9 Å². The average molecular weight is 354 g/mol. The van der Waals surface area contributed by atoms with Crippen molar-refractivity contribution in [3.05, 3.63) is 107 Å². The number of nitrogens with zero attached hydrogens (tertiary/aromatic N) is 1. The molecule has 3 rings (SSSR count). The molecule has 0 unspecified atom stereocenters. The second kappa shape index (κ2) is 7.55. The Kier molecular flexibility index (Phi) is 5.21. The first kappa shape index (κ1) is 17.9. The summed E-state index contributed by atoms with van der Waals surface area (Å²) >= 11 is 0. The molecule has 0 aromatic heterocycles. The summed E-state index contributed by atoms with van der Waals surface area (Å²) in [6.45, 7) is 6.86. The Hall–Kier alpha value is -2.89. The van der Waals surface area contributed by atoms with Crippen LogP contribution in [0.5, 0.6) is 0 Å². The van der Waals surface area contributed by atoms with Crippen molar-refractivity contribution in [2.75, 3.05) is 0 Å². The van der Waals surface area contributed by atoms with Crippen LogP contribution in [0.4, 0.5) is 0 Å². The standard InChI is InChI=1S/C24H23NSi/c1-19-9-13-21(14-10-19)24(22-15-11-20(17-25)12-16-22)18-26(2,3)23-7-5-4-6-8-23/h4-16,18H,1-3H3. The molecule has 0 fully saturated rings. The van der Waals surface area contributed by atoms with Crippen molar-refractivity contribution in [3.8, 4) is 6.07 Å². The van der Waals surface area contributed by atoms with Crippen molar-refractivity contribution < 1.29 is 0 Å². The number of rotatable bonds is 4. The van der Waals surface area contributed by atoms with Gasteiger partial charge in [0.1, 0.15) is 8.07 Å². The highest BCUT2D eigenvalue weighted by molar-refractivity contribution is 6.94. The third-order valence-electron chi connectivity index (χ3n) is 4.71. The lowest BCUT2D eigenvalue weighted by Gasteiger charge is -2.21. The second-order valence-corrected chi connectivity index (χ2v) is 11.5. The van der Waals surface area contributed by atoms with Crippen molar-refractivity contribution >= 4 is 18.8 Å². The molecule has 0 bridgehead atoms. The fourth-order valence-corrected chi connectivity index (χ4v) is 5.38. The molecule has 26 heavy (non-hydrogen) atoms. The first-order valence-electron chi connectivity index (χ1n) is 8.85. The maximum atomic E-state index is 9.09. The van der Waals surface area contributed by atoms with E-state index < -0.39 is 8.07 Å². The van der Waals surface area contributed by atoms with Gasteiger partial charge in [-0.3, -0.25) is 0 Å². The average Bonchev–Trinajstić information content (AvgIpc) is 2.68. The minimum atomic E-state index is -1.77. The lowest BCUT2D eigenvalue weighted by Crippen LogP contribution is -2.39. The monoisotopic (exact) mass is 353 g/mol. The molecule has 0 aliphatic heterocycles. The molecule has 0 spiro atoms. The van der Waals surface area contributed by atoms with Gasteiger partial charge in [-0.15, -0.1) is 0 Å². The zero-order valence-corrected chi connectivity index (χ0v) is 16.5. The van der Waals surface area contributed by atoms with Crippen LogP contribution in [0.25, 0.3) is 5.57 Å². The quantitative estimate of drug-likeness (QED) is 0.572. The number of benzene rings is 3. The van der Waals surface area contributed by atoms with Gasteiger partial charge in [0.15, 0.2) is 0 Å². The van der Waals surface area contributed by atoms with Gasteiger partial charge in [-0.2, -0.15) is 5.26 Å². The predicted octanol–water partition coefficient (Wildman–Crippen LogP) is 5.45. The maximum Gasteiger partial charge on any atom is 0.104 e. The summed E-state index contributed by atoms with van der Waals surface area (Å²) in [6, 6.07) is 29.6. The van der Waals surface area contributed by atoms with E-state index in [1.807, 2.05) is 12.1 Å². The van der Waals surface area contributed by atoms with Gasteiger partial charge < -0.3 is 0 Å². The van der Waals surface area contributed by atoms with E-state index in [-0.39, 0.29) is 0 Å². The third kappa shape index (κ3) is 4.01. The Bertz CT molecular complexity index is 944. The minimum absolute atomic E-state index is 0.691. The Morgan fingerprint density at radius 3 is 1.88 bits per heavy atom. The van der Waals surface area contributed by atoms with E-state index in [2.05, 4.69) is 98.5 Å². The van der Waals surface area contributed by atoms with E-state index >= 15 is 0 Å². The van der Waals surface area contributed by atoms with Crippen LogP contribution < -0.4 is 5.19 Å². The van der Waals surface area contributed by atoms with Crippen LogP contribution in [0.15, 0.2) is 84.6 Å². The zero-order valence-electron chi connectivity index (χ0n) is 15.5. The van der Waals surface area contributed by atoms with Crippen molar-refractivity contribution in [2.45, 2.75) is 20.0 Å². The van der Waals surface area contributed by atoms with Crippen molar-refractivity contribution in [2.24, 2.45) is 0 Å². The third-order valence-corrected chi connectivity index (χ3v) is 7.54. The van der Waals surface area contributed by atoms with Crippen molar-refractivity contribution in [1.29, 1.82) is 5.26 Å². The number of hydrogen-bond acceptors (Lipinski definition) is 1. The molecule has 0 saturated carbocycles. The summed E-state index contributed by atoms with van der Waals surface area (Å²) in [4.78, 5) is 0. The van der Waals surface area contributed by atoms with Crippen LogP contribution in [0.2, 0.25) is 13.1 Å². The molecule has 128 valence electrons. The van der Waals surface area contributed by atoms with Crippen LogP contribution >= 0.6 is 0 Å². The zero-order chi connectivity index (χ0) is 18.6. The highest BCUT2D eigenvalue weighted by Gasteiger charge is 2.22. The minimum Gasteiger partial charge on any atom is -0.192 e. The molecule has 0 saturated heterocycles. The molecule has 0 amide bonds. The molecule has 0 aliphatic carbocycles. The summed E-state index contributed by atoms with van der Waals surface area (Å²) in [5, 5.41) is 10.5. The van der Waals surface area contributed by atoms with Crippen molar-refractivity contribution in [3.63, 3.8) is 0 Å². The highest BCUT2D eigenvalue weighted by atomic mass is 28.3. The molecule has 3 aromatic carbocycles. The van der Waals surface area contributed by atoms with E-state index in [4.69, 9.17) is 5.26 Å². The Labute approximate surface area is 157 Å². The van der Waals surface area contributed by atoms with E-state index in [0.29, 0.717) is 5.56 Å². The maximum absolute atomic E-state index is 9.09. The van der Waals surface area contributed by atoms with Crippen LogP contribution in [0.3, 0.4) is 0 Å². The summed E-state index contributed by atoms with van der Waals surface area (Å²) in [7, 11) is -1.77. The summed E-state index contributed by atoms with van der Waals surface area (Å²) in [6.07, 6.45) is 0. The topological polar surface area (TPSA) is 23.8 Å². The van der Waals surface area contributed by atoms with Crippen LogP contribution in [0.1, 0.15) is 22.3 Å². The molecular weight excluding hydrogens is 330 g/mol. The van der Waals surface area contributed by atoms with Gasteiger partial charge in [-0.1, -0.05) is 96.3 Å². The van der Waals surface area contributed by atoms with Gasteiger partial charge in [-0.25, -0.2) is 0 Å². The Morgan fingerprint density at radius 2 is 1.35 bits per heavy atom. The molecule has 0 N–H and O–H groups in total. The predicted molar refractivity (Wildman–Crippen MR) is 113 cm³/mol. The number of nitriles is 1. The molecule has 3 aromatic rings. The van der Waals surface area contributed by atoms with Crippen molar-refractivity contribution in [1.82, 2.24) is 0 Å². The highest BCUT2D eigenvalue weighted by Crippen LogP contribution is 2.26. The molecule has 0 aliphatic rings. The fourth-order valence-electron chi connectivity index (χ4n) is 3.10. The first-order chi connectivity index (χ1) is 12.5. The molecule has 0 radical (unpaired) electrons. The number of hydrogen-bond donors (Lipinski definition) is 0. The van der Waals surface area contributed by atoms with E-state index in [9.17, 15) is 0 Å². The Balaban J connectivity index is 2.13. The van der Waals surface area contributed by atoms with Gasteiger partial charge in [-0.05, 0) is 35.8 Å². The van der Waals surface area contributed by atoms with Gasteiger partial charge in [0.05, 0.1) is 11.6 Å². The molecule has 2 heteroatoms. The van der Waals surface area contributed by atoms with Gasteiger partial charge in [0.2, 0.25) is 0 Å². The summed E-state index contributed by atoms with van der Waals surface area (Å²) < 4.78 is 0. The van der Waals surface area contributed by atoms with Gasteiger partial charge >= 0.3 is 0 Å². The normalized spacial score (nSPS) is 11.8. The largest absolute Gasteiger partial charge is 0.192 e. The molecule has 0 atom stereocenters. The van der Waals surface area contributed by atoms with Gasteiger partial charge in [0, 0.05) is 0 Å². The lowest BCUT2D eigenvalue weighted by atomic mass is 9.98. The van der Waals surface area contributed by atoms with Crippen LogP contribution in [-0.4, -0.2) is 8.07 Å². The van der Waals surface area contributed by atoms with Crippen LogP contribution in [0, 0.1) is 18.3 Å². The second-order valence-electron chi connectivity index (χ2n) is 7.20. The fraction of sp³-hybridized carbons (Fsp3) is 0.125. The SMILES string of the molecule is Cc1ccc(C(=C[Si](C)(C)c2ccccc2)c2ccc(C#N)cc2)cc1. The van der Waals surface area contributed by atoms with E-state index in [0.717, 1.165) is 5.56 Å². The summed E-state index contributed by atoms with van der Waals surface area (Å²) in [5.74, 6) is 0. The molecule has 0 heterocycles. The van der Waals surface area contributed by atoms with Crippen LogP contribution in [-0.2, 0) is 0 Å².